The number of sulfone groups is 1. The Morgan fingerprint density at radius 2 is 2.21 bits per heavy atom. The molecule has 1 saturated heterocycles. The van der Waals surface area contributed by atoms with Crippen molar-refractivity contribution < 1.29 is 13.2 Å². The van der Waals surface area contributed by atoms with Gasteiger partial charge < -0.3 is 5.32 Å². The highest BCUT2D eigenvalue weighted by atomic mass is 32.2. The van der Waals surface area contributed by atoms with Gasteiger partial charge in [-0.2, -0.15) is 5.10 Å². The normalized spacial score (nSPS) is 19.3. The second-order valence-electron chi connectivity index (χ2n) is 6.26. The Morgan fingerprint density at radius 1 is 1.38 bits per heavy atom. The van der Waals surface area contributed by atoms with Crippen molar-refractivity contribution in [3.63, 3.8) is 0 Å². The number of hydrogen-bond donors (Lipinski definition) is 1. The molecule has 1 aromatic heterocycles. The second-order valence-corrected chi connectivity index (χ2v) is 8.48. The summed E-state index contributed by atoms with van der Waals surface area (Å²) in [7, 11) is -2.99. The summed E-state index contributed by atoms with van der Waals surface area (Å²) in [5.41, 5.74) is 2.30. The largest absolute Gasteiger partial charge is 0.311 e. The molecule has 1 atom stereocenters. The molecule has 24 heavy (non-hydrogen) atoms. The molecule has 128 valence electrons. The fourth-order valence-corrected chi connectivity index (χ4v) is 4.70. The molecule has 0 aliphatic carbocycles. The van der Waals surface area contributed by atoms with E-state index in [1.54, 1.807) is 16.9 Å². The van der Waals surface area contributed by atoms with E-state index in [0.717, 1.165) is 5.56 Å². The number of nitrogens with one attached hydrogen (secondary N) is 1. The van der Waals surface area contributed by atoms with Crippen molar-refractivity contribution in [1.82, 2.24) is 9.78 Å². The Labute approximate surface area is 141 Å². The lowest BCUT2D eigenvalue weighted by atomic mass is 10.1. The van der Waals surface area contributed by atoms with Crippen LogP contribution in [0.4, 0.5) is 5.82 Å². The average Bonchev–Trinajstić information content (AvgIpc) is 3.11. The molecule has 1 amide bonds. The predicted molar refractivity (Wildman–Crippen MR) is 92.7 cm³/mol. The van der Waals surface area contributed by atoms with Crippen molar-refractivity contribution in [1.29, 1.82) is 0 Å². The number of nitrogens with zero attached hydrogens (tertiary/aromatic N) is 2. The molecule has 6 nitrogen and oxygen atoms in total. The van der Waals surface area contributed by atoms with Gasteiger partial charge in [-0.25, -0.2) is 13.1 Å². The van der Waals surface area contributed by atoms with Gasteiger partial charge in [0.2, 0.25) is 5.91 Å². The van der Waals surface area contributed by atoms with E-state index >= 15 is 0 Å². The molecule has 0 radical (unpaired) electrons. The van der Waals surface area contributed by atoms with Crippen LogP contribution < -0.4 is 5.32 Å². The SMILES string of the molecule is Cc1cccc(CCC(=O)Nc2ccnn2C2CCS(=O)(=O)C2)c1. The molecule has 0 saturated carbocycles. The minimum absolute atomic E-state index is 0.0842. The van der Waals surface area contributed by atoms with Crippen LogP contribution in [0.3, 0.4) is 0 Å². The van der Waals surface area contributed by atoms with Gasteiger partial charge in [0.15, 0.2) is 9.84 Å². The Hall–Kier alpha value is -2.15. The highest BCUT2D eigenvalue weighted by molar-refractivity contribution is 7.91. The molecule has 0 spiro atoms. The zero-order valence-electron chi connectivity index (χ0n) is 13.6. The maximum Gasteiger partial charge on any atom is 0.225 e. The van der Waals surface area contributed by atoms with Crippen molar-refractivity contribution in [3.05, 3.63) is 47.7 Å². The fraction of sp³-hybridized carbons (Fsp3) is 0.412. The van der Waals surface area contributed by atoms with Crippen molar-refractivity contribution in [2.45, 2.75) is 32.2 Å². The molecule has 0 bridgehead atoms. The molecule has 2 heterocycles. The topological polar surface area (TPSA) is 81.1 Å². The number of aryl methyl sites for hydroxylation is 2. The number of benzene rings is 1. The first-order valence-corrected chi connectivity index (χ1v) is 9.84. The van der Waals surface area contributed by atoms with Gasteiger partial charge in [-0.05, 0) is 25.3 Å². The number of carbonyl (C=O) groups is 1. The zero-order chi connectivity index (χ0) is 17.2. The summed E-state index contributed by atoms with van der Waals surface area (Å²) in [6.07, 6.45) is 3.16. The van der Waals surface area contributed by atoms with E-state index in [-0.39, 0.29) is 23.5 Å². The quantitative estimate of drug-likeness (QED) is 0.898. The van der Waals surface area contributed by atoms with E-state index < -0.39 is 9.84 Å². The molecular weight excluding hydrogens is 326 g/mol. The van der Waals surface area contributed by atoms with Crippen LogP contribution in [0.5, 0.6) is 0 Å². The predicted octanol–water partition coefficient (Wildman–Crippen LogP) is 2.12. The van der Waals surface area contributed by atoms with E-state index in [2.05, 4.69) is 16.5 Å². The van der Waals surface area contributed by atoms with Crippen molar-refractivity contribution in [3.8, 4) is 0 Å². The van der Waals surface area contributed by atoms with E-state index in [4.69, 9.17) is 0 Å². The van der Waals surface area contributed by atoms with Crippen molar-refractivity contribution >= 4 is 21.6 Å². The number of anilines is 1. The lowest BCUT2D eigenvalue weighted by molar-refractivity contribution is -0.116. The molecule has 1 aliphatic rings. The number of rotatable bonds is 5. The second kappa shape index (κ2) is 6.76. The molecule has 7 heteroatoms. The molecule has 3 rings (SSSR count). The minimum atomic E-state index is -2.99. The molecule has 1 N–H and O–H groups in total. The van der Waals surface area contributed by atoms with Gasteiger partial charge in [-0.3, -0.25) is 4.79 Å². The maximum absolute atomic E-state index is 12.2. The van der Waals surface area contributed by atoms with Gasteiger partial charge >= 0.3 is 0 Å². The molecule has 2 aromatic rings. The third-order valence-electron chi connectivity index (χ3n) is 4.22. The summed E-state index contributed by atoms with van der Waals surface area (Å²) >= 11 is 0. The molecule has 1 aromatic carbocycles. The molecule has 1 unspecified atom stereocenters. The Morgan fingerprint density at radius 3 is 2.92 bits per heavy atom. The van der Waals surface area contributed by atoms with Crippen LogP contribution in [0.15, 0.2) is 36.5 Å². The zero-order valence-corrected chi connectivity index (χ0v) is 14.4. The van der Waals surface area contributed by atoms with Crippen LogP contribution in [-0.4, -0.2) is 35.6 Å². The monoisotopic (exact) mass is 347 g/mol. The average molecular weight is 347 g/mol. The van der Waals surface area contributed by atoms with Crippen LogP contribution in [0.1, 0.15) is 30.0 Å². The van der Waals surface area contributed by atoms with E-state index in [1.165, 1.54) is 5.56 Å². The molecular formula is C17H21N3O3S. The van der Waals surface area contributed by atoms with Gasteiger partial charge in [0, 0.05) is 12.5 Å². The number of amides is 1. The Balaban J connectivity index is 1.60. The van der Waals surface area contributed by atoms with E-state index in [9.17, 15) is 13.2 Å². The van der Waals surface area contributed by atoms with Crippen LogP contribution in [-0.2, 0) is 21.1 Å². The number of carbonyl (C=O) groups excluding carboxylic acids is 1. The first-order valence-electron chi connectivity index (χ1n) is 8.02. The summed E-state index contributed by atoms with van der Waals surface area (Å²) in [6, 6.07) is 9.59. The summed E-state index contributed by atoms with van der Waals surface area (Å²) in [4.78, 5) is 12.2. The lowest BCUT2D eigenvalue weighted by Crippen LogP contribution is -2.19. The number of hydrogen-bond acceptors (Lipinski definition) is 4. The van der Waals surface area contributed by atoms with Crippen LogP contribution in [0.25, 0.3) is 0 Å². The summed E-state index contributed by atoms with van der Waals surface area (Å²) < 4.78 is 24.9. The summed E-state index contributed by atoms with van der Waals surface area (Å²) in [5.74, 6) is 0.726. The highest BCUT2D eigenvalue weighted by Gasteiger charge is 2.30. The maximum atomic E-state index is 12.2. The number of aromatic nitrogens is 2. The third kappa shape index (κ3) is 4.03. The summed E-state index contributed by atoms with van der Waals surface area (Å²) in [6.45, 7) is 2.03. The third-order valence-corrected chi connectivity index (χ3v) is 5.97. The van der Waals surface area contributed by atoms with Gasteiger partial charge in [-0.15, -0.1) is 0 Å². The van der Waals surface area contributed by atoms with Crippen LogP contribution >= 0.6 is 0 Å². The minimum Gasteiger partial charge on any atom is -0.311 e. The van der Waals surface area contributed by atoms with Gasteiger partial charge in [-0.1, -0.05) is 29.8 Å². The van der Waals surface area contributed by atoms with Gasteiger partial charge in [0.1, 0.15) is 5.82 Å². The first kappa shape index (κ1) is 16.7. The van der Waals surface area contributed by atoms with Gasteiger partial charge in [0.05, 0.1) is 23.7 Å². The highest BCUT2D eigenvalue weighted by Crippen LogP contribution is 2.26. The van der Waals surface area contributed by atoms with Gasteiger partial charge in [0.25, 0.3) is 0 Å². The fourth-order valence-electron chi connectivity index (χ4n) is 3.00. The standard InChI is InChI=1S/C17H21N3O3S/c1-13-3-2-4-14(11-13)5-6-17(21)19-16-7-9-18-20(16)15-8-10-24(22,23)12-15/h2-4,7,9,11,15H,5-6,8,10,12H2,1H3,(H,19,21). The smallest absolute Gasteiger partial charge is 0.225 e. The van der Waals surface area contributed by atoms with E-state index in [0.29, 0.717) is 25.1 Å². The molecule has 1 aliphatic heterocycles. The van der Waals surface area contributed by atoms with E-state index in [1.807, 2.05) is 25.1 Å². The van der Waals surface area contributed by atoms with Crippen molar-refractivity contribution in [2.75, 3.05) is 16.8 Å². The first-order chi connectivity index (χ1) is 11.4. The summed E-state index contributed by atoms with van der Waals surface area (Å²) in [5, 5.41) is 7.03. The Kier molecular flexibility index (Phi) is 4.71. The Bertz CT molecular complexity index is 842. The van der Waals surface area contributed by atoms with Crippen molar-refractivity contribution in [2.24, 2.45) is 0 Å². The van der Waals surface area contributed by atoms with Crippen LogP contribution in [0, 0.1) is 6.92 Å². The lowest BCUT2D eigenvalue weighted by Gasteiger charge is -2.13. The molecule has 1 fully saturated rings. The van der Waals surface area contributed by atoms with Crippen LogP contribution in [0.2, 0.25) is 0 Å².